The predicted molar refractivity (Wildman–Crippen MR) is 126 cm³/mol. The smallest absolute Gasteiger partial charge is 0.262 e. The zero-order valence-electron chi connectivity index (χ0n) is 18.7. The molecule has 0 aromatic heterocycles. The number of rotatable bonds is 5. The molecule has 0 saturated carbocycles. The first-order valence-corrected chi connectivity index (χ1v) is 11.4. The van der Waals surface area contributed by atoms with E-state index in [1.165, 1.54) is 31.0 Å². The van der Waals surface area contributed by atoms with E-state index in [4.69, 9.17) is 9.84 Å². The van der Waals surface area contributed by atoms with Crippen LogP contribution in [0, 0.1) is 11.3 Å². The number of nitrogens with zero attached hydrogens (tertiary/aromatic N) is 2. The van der Waals surface area contributed by atoms with Gasteiger partial charge in [0.2, 0.25) is 0 Å². The van der Waals surface area contributed by atoms with E-state index in [9.17, 15) is 25.4 Å². The van der Waals surface area contributed by atoms with Gasteiger partial charge in [-0.3, -0.25) is 4.79 Å². The number of hydrogen-bond donors (Lipinski definition) is 5. The molecule has 9 nitrogen and oxygen atoms in total. The number of carbonyl (C=O) groups is 1. The van der Waals surface area contributed by atoms with Crippen molar-refractivity contribution >= 4 is 28.4 Å². The van der Waals surface area contributed by atoms with Crippen LogP contribution in [0.2, 0.25) is 0 Å². The highest BCUT2D eigenvalue weighted by Crippen LogP contribution is 2.26. The molecule has 5 atom stereocenters. The standard InChI is InChI=1S/C25H29N3O6/c26-13-18(24(32)27-21-23(31)22(30)20(14-29)34-25(21)33)11-15-4-5-17-12-19(7-6-16(17)10-15)28-8-2-1-3-9-28/h4-7,10-12,20-23,25,29-31,33H,1-3,8-9,14H2,(H,27,32)/b18-11+/t20-,21-,22-,23-,25?/m1/s1. The molecule has 2 saturated heterocycles. The molecule has 180 valence electrons. The lowest BCUT2D eigenvalue weighted by Gasteiger charge is -2.40. The summed E-state index contributed by atoms with van der Waals surface area (Å²) in [5.74, 6) is -0.829. The number of anilines is 1. The zero-order valence-corrected chi connectivity index (χ0v) is 18.7. The average Bonchev–Trinajstić information content (AvgIpc) is 2.87. The van der Waals surface area contributed by atoms with Crippen LogP contribution in [0.1, 0.15) is 24.8 Å². The molecule has 0 radical (unpaired) electrons. The van der Waals surface area contributed by atoms with E-state index >= 15 is 0 Å². The number of ether oxygens (including phenoxy) is 1. The lowest BCUT2D eigenvalue weighted by molar-refractivity contribution is -0.253. The molecule has 5 N–H and O–H groups in total. The summed E-state index contributed by atoms with van der Waals surface area (Å²) in [6.07, 6.45) is -0.854. The van der Waals surface area contributed by atoms with Crippen LogP contribution in [0.25, 0.3) is 16.8 Å². The van der Waals surface area contributed by atoms with Crippen LogP contribution in [0.4, 0.5) is 5.69 Å². The molecule has 2 aromatic carbocycles. The molecule has 2 aliphatic heterocycles. The Morgan fingerprint density at radius 1 is 1.09 bits per heavy atom. The van der Waals surface area contributed by atoms with Gasteiger partial charge in [-0.15, -0.1) is 0 Å². The minimum Gasteiger partial charge on any atom is -0.394 e. The first-order valence-electron chi connectivity index (χ1n) is 11.4. The van der Waals surface area contributed by atoms with E-state index in [2.05, 4.69) is 22.3 Å². The van der Waals surface area contributed by atoms with Gasteiger partial charge in [0.15, 0.2) is 6.29 Å². The number of amides is 1. The van der Waals surface area contributed by atoms with E-state index in [0.717, 1.165) is 23.9 Å². The van der Waals surface area contributed by atoms with Crippen LogP contribution in [-0.4, -0.2) is 76.7 Å². The van der Waals surface area contributed by atoms with E-state index in [1.54, 1.807) is 0 Å². The van der Waals surface area contributed by atoms with Gasteiger partial charge < -0.3 is 35.4 Å². The quantitative estimate of drug-likeness (QED) is 0.318. The summed E-state index contributed by atoms with van der Waals surface area (Å²) in [7, 11) is 0. The predicted octanol–water partition coefficient (Wildman–Crippen LogP) is 0.653. The summed E-state index contributed by atoms with van der Waals surface area (Å²) in [4.78, 5) is 15.0. The number of nitriles is 1. The van der Waals surface area contributed by atoms with Gasteiger partial charge in [-0.1, -0.05) is 18.2 Å². The van der Waals surface area contributed by atoms with Crippen molar-refractivity contribution in [1.29, 1.82) is 5.26 Å². The fourth-order valence-corrected chi connectivity index (χ4v) is 4.49. The zero-order chi connectivity index (χ0) is 24.2. The molecule has 2 aromatic rings. The third-order valence-corrected chi connectivity index (χ3v) is 6.44. The van der Waals surface area contributed by atoms with E-state index in [1.807, 2.05) is 30.3 Å². The van der Waals surface area contributed by atoms with Crippen molar-refractivity contribution < 1.29 is 30.0 Å². The second-order valence-electron chi connectivity index (χ2n) is 8.74. The largest absolute Gasteiger partial charge is 0.394 e. The number of fused-ring (bicyclic) bond motifs is 1. The van der Waals surface area contributed by atoms with E-state index in [0.29, 0.717) is 5.56 Å². The van der Waals surface area contributed by atoms with Crippen molar-refractivity contribution in [1.82, 2.24) is 5.32 Å². The Balaban J connectivity index is 1.50. The SMILES string of the molecule is N#C/C(=C\c1ccc2cc(N3CCCCC3)ccc2c1)C(=O)N[C@H]1C(O)O[C@H](CO)[C@@H](O)[C@@H]1O. The molecule has 9 heteroatoms. The minimum absolute atomic E-state index is 0.234. The van der Waals surface area contributed by atoms with Crippen LogP contribution < -0.4 is 10.2 Å². The molecule has 2 heterocycles. The van der Waals surface area contributed by atoms with Gasteiger partial charge in [0.25, 0.3) is 5.91 Å². The molecular formula is C25H29N3O6. The van der Waals surface area contributed by atoms with Crippen LogP contribution in [0.5, 0.6) is 0 Å². The fraction of sp³-hybridized carbons (Fsp3) is 0.440. The monoisotopic (exact) mass is 467 g/mol. The number of aliphatic hydroxyl groups is 4. The maximum Gasteiger partial charge on any atom is 0.262 e. The molecule has 0 aliphatic carbocycles. The fourth-order valence-electron chi connectivity index (χ4n) is 4.49. The third-order valence-electron chi connectivity index (χ3n) is 6.44. The average molecular weight is 468 g/mol. The third kappa shape index (κ3) is 5.06. The molecule has 1 unspecified atom stereocenters. The van der Waals surface area contributed by atoms with Gasteiger partial charge >= 0.3 is 0 Å². The molecule has 2 aliphatic rings. The maximum absolute atomic E-state index is 12.7. The molecule has 1 amide bonds. The summed E-state index contributed by atoms with van der Waals surface area (Å²) in [5, 5.41) is 53.3. The van der Waals surface area contributed by atoms with Gasteiger partial charge in [-0.25, -0.2) is 0 Å². The van der Waals surface area contributed by atoms with Gasteiger partial charge in [-0.2, -0.15) is 5.26 Å². The van der Waals surface area contributed by atoms with Crippen LogP contribution in [0.15, 0.2) is 42.0 Å². The van der Waals surface area contributed by atoms with Crippen molar-refractivity contribution in [3.05, 3.63) is 47.5 Å². The van der Waals surface area contributed by atoms with E-state index < -0.39 is 43.2 Å². The summed E-state index contributed by atoms with van der Waals surface area (Å²) in [5.41, 5.74) is 1.60. The Morgan fingerprint density at radius 2 is 1.79 bits per heavy atom. The molecule has 34 heavy (non-hydrogen) atoms. The maximum atomic E-state index is 12.7. The molecule has 4 rings (SSSR count). The van der Waals surface area contributed by atoms with Crippen molar-refractivity contribution in [2.45, 2.75) is 49.9 Å². The van der Waals surface area contributed by atoms with Gasteiger partial charge in [0.1, 0.15) is 36.0 Å². The normalized spacial score (nSPS) is 27.9. The number of nitrogens with one attached hydrogen (secondary N) is 1. The summed E-state index contributed by atoms with van der Waals surface area (Å²) in [6.45, 7) is 1.50. The lowest BCUT2D eigenvalue weighted by atomic mass is 9.96. The Labute approximate surface area is 197 Å². The highest BCUT2D eigenvalue weighted by atomic mass is 16.6. The molecule has 0 bridgehead atoms. The number of hydrogen-bond acceptors (Lipinski definition) is 8. The van der Waals surface area contributed by atoms with Gasteiger partial charge in [0.05, 0.1) is 6.61 Å². The van der Waals surface area contributed by atoms with Crippen molar-refractivity contribution in [3.8, 4) is 6.07 Å². The number of aliphatic hydroxyl groups excluding tert-OH is 4. The Bertz CT molecular complexity index is 1110. The molecule has 2 fully saturated rings. The minimum atomic E-state index is -1.66. The van der Waals surface area contributed by atoms with Gasteiger partial charge in [-0.05, 0) is 59.9 Å². The number of carbonyl (C=O) groups excluding carboxylic acids is 1. The number of benzene rings is 2. The Morgan fingerprint density at radius 3 is 2.50 bits per heavy atom. The molecule has 0 spiro atoms. The number of piperidine rings is 1. The van der Waals surface area contributed by atoms with E-state index in [-0.39, 0.29) is 5.57 Å². The van der Waals surface area contributed by atoms with Gasteiger partial charge in [0, 0.05) is 18.8 Å². The highest BCUT2D eigenvalue weighted by Gasteiger charge is 2.44. The van der Waals surface area contributed by atoms with Crippen molar-refractivity contribution in [3.63, 3.8) is 0 Å². The molecular weight excluding hydrogens is 438 g/mol. The van der Waals surface area contributed by atoms with Crippen molar-refractivity contribution in [2.75, 3.05) is 24.6 Å². The topological polar surface area (TPSA) is 146 Å². The van der Waals surface area contributed by atoms with Crippen LogP contribution >= 0.6 is 0 Å². The van der Waals surface area contributed by atoms with Crippen LogP contribution in [0.3, 0.4) is 0 Å². The summed E-state index contributed by atoms with van der Waals surface area (Å²) >= 11 is 0. The Hall–Kier alpha value is -3.00. The highest BCUT2D eigenvalue weighted by molar-refractivity contribution is 6.02. The second kappa shape index (κ2) is 10.5. The Kier molecular flexibility index (Phi) is 7.46. The second-order valence-corrected chi connectivity index (χ2v) is 8.74. The first kappa shape index (κ1) is 24.1. The summed E-state index contributed by atoms with van der Waals surface area (Å²) < 4.78 is 5.04. The first-order chi connectivity index (χ1) is 16.4. The lowest BCUT2D eigenvalue weighted by Crippen LogP contribution is -2.64. The van der Waals surface area contributed by atoms with Crippen LogP contribution in [-0.2, 0) is 9.53 Å². The van der Waals surface area contributed by atoms with Crippen molar-refractivity contribution in [2.24, 2.45) is 0 Å². The summed E-state index contributed by atoms with van der Waals surface area (Å²) in [6, 6.07) is 12.3.